The van der Waals surface area contributed by atoms with E-state index in [0.29, 0.717) is 23.7 Å². The average Bonchev–Trinajstić information content (AvgIpc) is 2.60. The number of hydrogen-bond acceptors (Lipinski definition) is 4. The van der Waals surface area contributed by atoms with Gasteiger partial charge in [-0.25, -0.2) is 4.39 Å². The fraction of sp³-hybridized carbons (Fsp3) is 0.158. The van der Waals surface area contributed by atoms with Crippen molar-refractivity contribution in [1.82, 2.24) is 0 Å². The van der Waals surface area contributed by atoms with Crippen LogP contribution in [0, 0.1) is 17.1 Å². The molecule has 0 aromatic heterocycles. The molecule has 0 fully saturated rings. The molecule has 0 saturated heterocycles. The molecule has 0 atom stereocenters. The molecule has 2 N–H and O–H groups in total. The fourth-order valence-electron chi connectivity index (χ4n) is 2.17. The van der Waals surface area contributed by atoms with E-state index in [-0.39, 0.29) is 17.7 Å². The normalized spacial score (nSPS) is 10.8. The molecule has 0 bridgehead atoms. The number of benzene rings is 2. The second-order valence-corrected chi connectivity index (χ2v) is 5.04. The van der Waals surface area contributed by atoms with Gasteiger partial charge in [-0.1, -0.05) is 24.3 Å². The quantitative estimate of drug-likeness (QED) is 0.620. The second kappa shape index (κ2) is 8.50. The molecule has 0 heterocycles. The molecular weight excluding hydrogens is 323 g/mol. The van der Waals surface area contributed by atoms with Crippen LogP contribution in [0.3, 0.4) is 0 Å². The van der Waals surface area contributed by atoms with E-state index in [1.165, 1.54) is 12.1 Å². The van der Waals surface area contributed by atoms with Gasteiger partial charge in [0.15, 0.2) is 18.1 Å². The number of carbonyl (C=O) groups excluding carboxylic acids is 1. The van der Waals surface area contributed by atoms with Gasteiger partial charge >= 0.3 is 0 Å². The lowest BCUT2D eigenvalue weighted by Crippen LogP contribution is -2.20. The van der Waals surface area contributed by atoms with E-state index in [0.717, 1.165) is 0 Å². The monoisotopic (exact) mass is 340 g/mol. The lowest BCUT2D eigenvalue weighted by molar-refractivity contribution is -0.119. The molecule has 25 heavy (non-hydrogen) atoms. The van der Waals surface area contributed by atoms with Crippen molar-refractivity contribution in [3.63, 3.8) is 0 Å². The molecule has 2 aromatic rings. The van der Waals surface area contributed by atoms with E-state index in [9.17, 15) is 14.4 Å². The molecule has 5 nitrogen and oxygen atoms in total. The summed E-state index contributed by atoms with van der Waals surface area (Å²) in [4.78, 5) is 10.9. The maximum absolute atomic E-state index is 13.9. The van der Waals surface area contributed by atoms with Crippen LogP contribution in [0.25, 0.3) is 11.6 Å². The Kier molecular flexibility index (Phi) is 6.13. The van der Waals surface area contributed by atoms with Gasteiger partial charge in [0.2, 0.25) is 0 Å². The first-order chi connectivity index (χ1) is 12.0. The lowest BCUT2D eigenvalue weighted by atomic mass is 10.0. The molecule has 1 amide bonds. The van der Waals surface area contributed by atoms with E-state index in [1.807, 2.05) is 6.07 Å². The highest BCUT2D eigenvalue weighted by Crippen LogP contribution is 2.30. The zero-order valence-corrected chi connectivity index (χ0v) is 13.7. The zero-order chi connectivity index (χ0) is 18.2. The number of halogens is 1. The Morgan fingerprint density at radius 1 is 1.24 bits per heavy atom. The highest BCUT2D eigenvalue weighted by molar-refractivity contribution is 5.90. The lowest BCUT2D eigenvalue weighted by Gasteiger charge is -2.11. The van der Waals surface area contributed by atoms with Crippen molar-refractivity contribution in [2.45, 2.75) is 6.92 Å². The highest BCUT2D eigenvalue weighted by atomic mass is 19.1. The van der Waals surface area contributed by atoms with Crippen molar-refractivity contribution in [2.75, 3.05) is 13.2 Å². The van der Waals surface area contributed by atoms with Gasteiger partial charge < -0.3 is 15.2 Å². The third-order valence-electron chi connectivity index (χ3n) is 3.23. The second-order valence-electron chi connectivity index (χ2n) is 5.04. The maximum atomic E-state index is 13.9. The summed E-state index contributed by atoms with van der Waals surface area (Å²) in [6, 6.07) is 13.0. The van der Waals surface area contributed by atoms with Crippen LogP contribution in [0.1, 0.15) is 18.1 Å². The molecule has 0 saturated carbocycles. The molecule has 2 rings (SSSR count). The molecule has 0 aliphatic carbocycles. The summed E-state index contributed by atoms with van der Waals surface area (Å²) >= 11 is 0. The summed E-state index contributed by atoms with van der Waals surface area (Å²) in [5.41, 5.74) is 6.11. The Balaban J connectivity index is 2.38. The molecule has 0 aliphatic rings. The maximum Gasteiger partial charge on any atom is 0.255 e. The number of allylic oxidation sites excluding steroid dienone is 1. The Morgan fingerprint density at radius 2 is 2.00 bits per heavy atom. The standard InChI is InChI=1S/C19H17FN2O3/c1-2-24-18-10-13(7-8-17(18)25-12-19(22)23)9-14(11-21)15-5-3-4-6-16(15)20/h3-10H,2,12H2,1H3,(H2,22,23)/b14-9-. The summed E-state index contributed by atoms with van der Waals surface area (Å²) in [6.07, 6.45) is 1.55. The predicted molar refractivity (Wildman–Crippen MR) is 92.2 cm³/mol. The van der Waals surface area contributed by atoms with Crippen molar-refractivity contribution in [1.29, 1.82) is 5.26 Å². The number of ether oxygens (including phenoxy) is 2. The number of carbonyl (C=O) groups is 1. The average molecular weight is 340 g/mol. The minimum atomic E-state index is -0.599. The Labute approximate surface area is 145 Å². The van der Waals surface area contributed by atoms with Crippen molar-refractivity contribution >= 4 is 17.6 Å². The van der Waals surface area contributed by atoms with Crippen LogP contribution in [0.15, 0.2) is 42.5 Å². The fourth-order valence-corrected chi connectivity index (χ4v) is 2.17. The first kappa shape index (κ1) is 18.0. The molecule has 2 aromatic carbocycles. The largest absolute Gasteiger partial charge is 0.490 e. The van der Waals surface area contributed by atoms with E-state index in [4.69, 9.17) is 15.2 Å². The number of nitrogens with two attached hydrogens (primary N) is 1. The number of nitriles is 1. The minimum absolute atomic E-state index is 0.186. The summed E-state index contributed by atoms with van der Waals surface area (Å²) in [6.45, 7) is 1.92. The van der Waals surface area contributed by atoms with Gasteiger partial charge in [-0.2, -0.15) is 5.26 Å². The first-order valence-corrected chi connectivity index (χ1v) is 7.59. The van der Waals surface area contributed by atoms with Crippen molar-refractivity contribution in [3.8, 4) is 17.6 Å². The minimum Gasteiger partial charge on any atom is -0.490 e. The summed E-state index contributed by atoms with van der Waals surface area (Å²) in [7, 11) is 0. The number of hydrogen-bond donors (Lipinski definition) is 1. The van der Waals surface area contributed by atoms with Gasteiger partial charge in [0.05, 0.1) is 18.2 Å². The molecule has 6 heteroatoms. The van der Waals surface area contributed by atoms with Gasteiger partial charge in [0.1, 0.15) is 5.82 Å². The summed E-state index contributed by atoms with van der Waals surface area (Å²) < 4.78 is 24.7. The number of rotatable bonds is 7. The molecule has 0 aliphatic heterocycles. The van der Waals surface area contributed by atoms with E-state index in [2.05, 4.69) is 0 Å². The van der Waals surface area contributed by atoms with Crippen molar-refractivity contribution in [2.24, 2.45) is 5.73 Å². The Bertz CT molecular complexity index is 841. The third-order valence-corrected chi connectivity index (χ3v) is 3.23. The van der Waals surface area contributed by atoms with E-state index >= 15 is 0 Å². The summed E-state index contributed by atoms with van der Waals surface area (Å²) in [5.74, 6) is -0.301. The van der Waals surface area contributed by atoms with Gasteiger partial charge in [0.25, 0.3) is 5.91 Å². The summed E-state index contributed by atoms with van der Waals surface area (Å²) in [5, 5.41) is 9.35. The van der Waals surface area contributed by atoms with E-state index in [1.54, 1.807) is 43.3 Å². The Hall–Kier alpha value is -3.33. The number of primary amides is 1. The van der Waals surface area contributed by atoms with Gasteiger partial charge in [0, 0.05) is 5.56 Å². The SMILES string of the molecule is CCOc1cc(/C=C(/C#N)c2ccccc2F)ccc1OCC(N)=O. The molecular formula is C19H17FN2O3. The van der Waals surface area contributed by atoms with Gasteiger partial charge in [-0.3, -0.25) is 4.79 Å². The van der Waals surface area contributed by atoms with Crippen LogP contribution in [0.4, 0.5) is 4.39 Å². The zero-order valence-electron chi connectivity index (χ0n) is 13.7. The van der Waals surface area contributed by atoms with Crippen LogP contribution in [-0.4, -0.2) is 19.1 Å². The van der Waals surface area contributed by atoms with E-state index < -0.39 is 11.7 Å². The van der Waals surface area contributed by atoms with Crippen LogP contribution < -0.4 is 15.2 Å². The Morgan fingerprint density at radius 3 is 2.64 bits per heavy atom. The smallest absolute Gasteiger partial charge is 0.255 e. The highest BCUT2D eigenvalue weighted by Gasteiger charge is 2.10. The predicted octanol–water partition coefficient (Wildman–Crippen LogP) is 3.15. The molecule has 0 spiro atoms. The number of nitrogens with zero attached hydrogens (tertiary/aromatic N) is 1. The van der Waals surface area contributed by atoms with Gasteiger partial charge in [-0.15, -0.1) is 0 Å². The third kappa shape index (κ3) is 4.82. The van der Waals surface area contributed by atoms with Gasteiger partial charge in [-0.05, 0) is 36.8 Å². The first-order valence-electron chi connectivity index (χ1n) is 7.59. The van der Waals surface area contributed by atoms with Crippen LogP contribution in [0.5, 0.6) is 11.5 Å². The molecule has 128 valence electrons. The van der Waals surface area contributed by atoms with Crippen molar-refractivity contribution in [3.05, 3.63) is 59.4 Å². The van der Waals surface area contributed by atoms with Crippen LogP contribution in [0.2, 0.25) is 0 Å². The van der Waals surface area contributed by atoms with Crippen LogP contribution >= 0.6 is 0 Å². The molecule has 0 unspecified atom stereocenters. The number of amides is 1. The van der Waals surface area contributed by atoms with Crippen LogP contribution in [-0.2, 0) is 4.79 Å². The topological polar surface area (TPSA) is 85.3 Å². The molecule has 0 radical (unpaired) electrons. The van der Waals surface area contributed by atoms with Crippen molar-refractivity contribution < 1.29 is 18.7 Å².